The number of nitrogens with one attached hydrogen (secondary N) is 1. The number of nitrogens with two attached hydrogens (primary N) is 1. The first-order chi connectivity index (χ1) is 12.3. The van der Waals surface area contributed by atoms with Crippen LogP contribution < -0.4 is 11.1 Å². The second kappa shape index (κ2) is 7.29. The molecule has 1 aliphatic carbocycles. The van der Waals surface area contributed by atoms with Gasteiger partial charge in [-0.3, -0.25) is 4.79 Å². The fourth-order valence-corrected chi connectivity index (χ4v) is 5.17. The summed E-state index contributed by atoms with van der Waals surface area (Å²) in [7, 11) is -3.56. The molecule has 0 radical (unpaired) electrons. The van der Waals surface area contributed by atoms with Gasteiger partial charge in [0.25, 0.3) is 5.91 Å². The van der Waals surface area contributed by atoms with Crippen LogP contribution in [-0.4, -0.2) is 43.8 Å². The van der Waals surface area contributed by atoms with Gasteiger partial charge < -0.3 is 11.1 Å². The van der Waals surface area contributed by atoms with Gasteiger partial charge >= 0.3 is 0 Å². The molecular weight excluding hydrogens is 350 g/mol. The molecule has 1 aromatic carbocycles. The van der Waals surface area contributed by atoms with Crippen LogP contribution in [0.15, 0.2) is 23.1 Å². The zero-order valence-corrected chi connectivity index (χ0v) is 16.4. The summed E-state index contributed by atoms with van der Waals surface area (Å²) in [5.74, 6) is 0.148. The van der Waals surface area contributed by atoms with Crippen molar-refractivity contribution in [3.8, 4) is 0 Å². The molecule has 144 valence electrons. The van der Waals surface area contributed by atoms with Crippen LogP contribution in [0.2, 0.25) is 0 Å². The van der Waals surface area contributed by atoms with E-state index in [1.807, 2.05) is 13.8 Å². The zero-order chi connectivity index (χ0) is 18.9. The quantitative estimate of drug-likeness (QED) is 0.791. The number of carbonyl (C=O) groups excluding carboxylic acids is 1. The van der Waals surface area contributed by atoms with Gasteiger partial charge in [0.2, 0.25) is 10.0 Å². The second-order valence-electron chi connectivity index (χ2n) is 7.79. The van der Waals surface area contributed by atoms with Crippen molar-refractivity contribution >= 4 is 15.9 Å². The number of aryl methyl sites for hydroxylation is 1. The highest BCUT2D eigenvalue weighted by Gasteiger charge is 2.41. The molecule has 1 aliphatic heterocycles. The van der Waals surface area contributed by atoms with Gasteiger partial charge in [0.15, 0.2) is 0 Å². The number of amides is 1. The standard InChI is InChI=1S/C19H29N3O3S/c1-14-6-9-16(26(24,25)22-10-4-3-5-11-22)12-17(14)18(23)21-19(2,13-20)15-7-8-15/h6,9,12,15H,3-5,7-8,10-11,13,20H2,1-2H3,(H,21,23). The summed E-state index contributed by atoms with van der Waals surface area (Å²) in [5, 5.41) is 3.05. The van der Waals surface area contributed by atoms with Crippen molar-refractivity contribution in [2.24, 2.45) is 11.7 Å². The van der Waals surface area contributed by atoms with Crippen LogP contribution in [0.25, 0.3) is 0 Å². The number of nitrogens with zero attached hydrogens (tertiary/aromatic N) is 1. The van der Waals surface area contributed by atoms with Crippen molar-refractivity contribution in [3.05, 3.63) is 29.3 Å². The predicted molar refractivity (Wildman–Crippen MR) is 101 cm³/mol. The van der Waals surface area contributed by atoms with E-state index in [1.165, 1.54) is 10.4 Å². The highest BCUT2D eigenvalue weighted by molar-refractivity contribution is 7.89. The van der Waals surface area contributed by atoms with Crippen LogP contribution >= 0.6 is 0 Å². The zero-order valence-electron chi connectivity index (χ0n) is 15.6. The number of carbonyl (C=O) groups is 1. The van der Waals surface area contributed by atoms with Crippen LogP contribution in [0.1, 0.15) is 54.9 Å². The van der Waals surface area contributed by atoms with Crippen LogP contribution in [0.5, 0.6) is 0 Å². The monoisotopic (exact) mass is 379 g/mol. The summed E-state index contributed by atoms with van der Waals surface area (Å²) < 4.78 is 27.3. The Morgan fingerprint density at radius 1 is 1.27 bits per heavy atom. The molecule has 3 N–H and O–H groups in total. The maximum atomic E-state index is 12.9. The minimum Gasteiger partial charge on any atom is -0.345 e. The van der Waals surface area contributed by atoms with E-state index in [4.69, 9.17) is 5.73 Å². The third-order valence-corrected chi connectivity index (χ3v) is 7.60. The van der Waals surface area contributed by atoms with Crippen LogP contribution in [0.3, 0.4) is 0 Å². The van der Waals surface area contributed by atoms with Gasteiger partial charge in [-0.15, -0.1) is 0 Å². The molecule has 1 saturated heterocycles. The SMILES string of the molecule is Cc1ccc(S(=O)(=O)N2CCCCC2)cc1C(=O)NC(C)(CN)C1CC1. The molecule has 1 unspecified atom stereocenters. The van der Waals surface area contributed by atoms with E-state index in [0.717, 1.165) is 37.7 Å². The molecule has 0 spiro atoms. The number of piperidine rings is 1. The highest BCUT2D eigenvalue weighted by Crippen LogP contribution is 2.39. The lowest BCUT2D eigenvalue weighted by Gasteiger charge is -2.30. The van der Waals surface area contributed by atoms with Gasteiger partial charge in [0, 0.05) is 25.2 Å². The molecule has 26 heavy (non-hydrogen) atoms. The Labute approximate surface area is 156 Å². The van der Waals surface area contributed by atoms with Gasteiger partial charge in [0.1, 0.15) is 0 Å². The molecule has 1 atom stereocenters. The summed E-state index contributed by atoms with van der Waals surface area (Å²) in [6.45, 7) is 5.25. The average Bonchev–Trinajstić information content (AvgIpc) is 3.48. The van der Waals surface area contributed by atoms with Crippen molar-refractivity contribution in [1.29, 1.82) is 0 Å². The van der Waals surface area contributed by atoms with Crippen molar-refractivity contribution in [1.82, 2.24) is 9.62 Å². The number of rotatable bonds is 6. The molecule has 3 rings (SSSR count). The lowest BCUT2D eigenvalue weighted by atomic mass is 9.95. The molecule has 7 heteroatoms. The average molecular weight is 380 g/mol. The van der Waals surface area contributed by atoms with E-state index in [0.29, 0.717) is 31.1 Å². The fourth-order valence-electron chi connectivity index (χ4n) is 3.63. The highest BCUT2D eigenvalue weighted by atomic mass is 32.2. The van der Waals surface area contributed by atoms with E-state index in [-0.39, 0.29) is 10.8 Å². The topological polar surface area (TPSA) is 92.5 Å². The summed E-state index contributed by atoms with van der Waals surface area (Å²) in [6, 6.07) is 4.82. The van der Waals surface area contributed by atoms with E-state index < -0.39 is 15.6 Å². The molecule has 2 aliphatic rings. The molecule has 1 aromatic rings. The summed E-state index contributed by atoms with van der Waals surface area (Å²) in [4.78, 5) is 13.0. The molecular formula is C19H29N3O3S. The number of sulfonamides is 1. The van der Waals surface area contributed by atoms with Gasteiger partial charge in [-0.2, -0.15) is 4.31 Å². The van der Waals surface area contributed by atoms with Crippen molar-refractivity contribution in [3.63, 3.8) is 0 Å². The fraction of sp³-hybridized carbons (Fsp3) is 0.632. The second-order valence-corrected chi connectivity index (χ2v) is 9.73. The van der Waals surface area contributed by atoms with Crippen molar-refractivity contribution < 1.29 is 13.2 Å². The minimum absolute atomic E-state index is 0.191. The van der Waals surface area contributed by atoms with E-state index in [9.17, 15) is 13.2 Å². The first-order valence-electron chi connectivity index (χ1n) is 9.41. The molecule has 1 heterocycles. The molecule has 6 nitrogen and oxygen atoms in total. The first kappa shape index (κ1) is 19.3. The van der Waals surface area contributed by atoms with E-state index >= 15 is 0 Å². The maximum Gasteiger partial charge on any atom is 0.252 e. The lowest BCUT2D eigenvalue weighted by molar-refractivity contribution is 0.0897. The van der Waals surface area contributed by atoms with Crippen LogP contribution in [-0.2, 0) is 10.0 Å². The molecule has 1 amide bonds. The molecule has 1 saturated carbocycles. The summed E-state index contributed by atoms with van der Waals surface area (Å²) >= 11 is 0. The number of hydrogen-bond donors (Lipinski definition) is 2. The predicted octanol–water partition coefficient (Wildman–Crippen LogP) is 2.03. The van der Waals surface area contributed by atoms with Crippen molar-refractivity contribution in [2.75, 3.05) is 19.6 Å². The maximum absolute atomic E-state index is 12.9. The Bertz CT molecular complexity index is 783. The van der Waals surface area contributed by atoms with Crippen LogP contribution in [0.4, 0.5) is 0 Å². The first-order valence-corrected chi connectivity index (χ1v) is 10.9. The number of benzene rings is 1. The Morgan fingerprint density at radius 2 is 1.92 bits per heavy atom. The van der Waals surface area contributed by atoms with Gasteiger partial charge in [0.05, 0.1) is 10.4 Å². The van der Waals surface area contributed by atoms with Crippen LogP contribution in [0, 0.1) is 12.8 Å². The van der Waals surface area contributed by atoms with E-state index in [2.05, 4.69) is 5.32 Å². The Balaban J connectivity index is 1.86. The molecule has 2 fully saturated rings. The Kier molecular flexibility index (Phi) is 5.42. The summed E-state index contributed by atoms with van der Waals surface area (Å²) in [6.07, 6.45) is 4.96. The van der Waals surface area contributed by atoms with Crippen molar-refractivity contribution in [2.45, 2.75) is 56.4 Å². The lowest BCUT2D eigenvalue weighted by Crippen LogP contribution is -2.53. The van der Waals surface area contributed by atoms with Gasteiger partial charge in [-0.05, 0) is 63.1 Å². The third kappa shape index (κ3) is 3.80. The normalized spacial score (nSPS) is 21.2. The largest absolute Gasteiger partial charge is 0.345 e. The van der Waals surface area contributed by atoms with Gasteiger partial charge in [-0.25, -0.2) is 8.42 Å². The third-order valence-electron chi connectivity index (χ3n) is 5.71. The van der Waals surface area contributed by atoms with E-state index in [1.54, 1.807) is 12.1 Å². The minimum atomic E-state index is -3.56. The smallest absolute Gasteiger partial charge is 0.252 e. The Hall–Kier alpha value is -1.44. The van der Waals surface area contributed by atoms with Gasteiger partial charge in [-0.1, -0.05) is 12.5 Å². The Morgan fingerprint density at radius 3 is 2.50 bits per heavy atom. The molecule has 0 aromatic heterocycles. The summed E-state index contributed by atoms with van der Waals surface area (Å²) in [5.41, 5.74) is 6.62. The molecule has 0 bridgehead atoms. The number of hydrogen-bond acceptors (Lipinski definition) is 4.